The maximum absolute atomic E-state index is 13.5. The van der Waals surface area contributed by atoms with Crippen molar-refractivity contribution < 1.29 is 19.0 Å². The smallest absolute Gasteiger partial charge is 0.171 e. The summed E-state index contributed by atoms with van der Waals surface area (Å²) in [6.07, 6.45) is 1.95. The van der Waals surface area contributed by atoms with Gasteiger partial charge < -0.3 is 15.5 Å². The molecule has 1 atom stereocenters. The zero-order valence-electron chi connectivity index (χ0n) is 8.63. The molecule has 0 bridgehead atoms. The number of aromatic hydroxyl groups is 2. The minimum atomic E-state index is -0.982. The molecule has 5 heteroatoms. The molecular formula is C11H13F2NO2. The number of hydrogen-bond acceptors (Lipinski definition) is 3. The van der Waals surface area contributed by atoms with Gasteiger partial charge in [0, 0.05) is 17.7 Å². The van der Waals surface area contributed by atoms with E-state index in [9.17, 15) is 8.78 Å². The predicted molar refractivity (Wildman–Crippen MR) is 54.4 cm³/mol. The van der Waals surface area contributed by atoms with Crippen LogP contribution in [0.2, 0.25) is 0 Å². The molecule has 0 aromatic heterocycles. The first-order valence-corrected chi connectivity index (χ1v) is 5.21. The molecule has 1 saturated heterocycles. The van der Waals surface area contributed by atoms with Crippen LogP contribution in [-0.2, 0) is 6.42 Å². The van der Waals surface area contributed by atoms with Gasteiger partial charge in [-0.25, -0.2) is 8.78 Å². The van der Waals surface area contributed by atoms with Gasteiger partial charge in [-0.3, -0.25) is 0 Å². The SMILES string of the molecule is Oc1cc(O)c(F)c(CC2CCCN2)c1F. The largest absolute Gasteiger partial charge is 0.505 e. The molecule has 2 rings (SSSR count). The Morgan fingerprint density at radius 3 is 2.38 bits per heavy atom. The molecule has 3 N–H and O–H groups in total. The van der Waals surface area contributed by atoms with Crippen molar-refractivity contribution in [3.05, 3.63) is 23.3 Å². The van der Waals surface area contributed by atoms with E-state index in [0.29, 0.717) is 6.07 Å². The lowest BCUT2D eigenvalue weighted by atomic mass is 10.0. The maximum Gasteiger partial charge on any atom is 0.171 e. The van der Waals surface area contributed by atoms with Crippen LogP contribution in [0, 0.1) is 11.6 Å². The highest BCUT2D eigenvalue weighted by molar-refractivity contribution is 5.40. The van der Waals surface area contributed by atoms with Gasteiger partial charge in [0.1, 0.15) is 0 Å². The fraction of sp³-hybridized carbons (Fsp3) is 0.455. The second kappa shape index (κ2) is 4.25. The van der Waals surface area contributed by atoms with Crippen LogP contribution in [0.3, 0.4) is 0 Å². The van der Waals surface area contributed by atoms with Gasteiger partial charge in [0.25, 0.3) is 0 Å². The number of rotatable bonds is 2. The van der Waals surface area contributed by atoms with Crippen molar-refractivity contribution in [2.24, 2.45) is 0 Å². The second-order valence-electron chi connectivity index (χ2n) is 4.02. The van der Waals surface area contributed by atoms with E-state index in [1.54, 1.807) is 0 Å². The Morgan fingerprint density at radius 2 is 1.88 bits per heavy atom. The lowest BCUT2D eigenvalue weighted by Gasteiger charge is -2.13. The molecule has 0 spiro atoms. The molecule has 1 fully saturated rings. The van der Waals surface area contributed by atoms with E-state index in [2.05, 4.69) is 5.32 Å². The summed E-state index contributed by atoms with van der Waals surface area (Å²) < 4.78 is 26.9. The standard InChI is InChI=1S/C11H13F2NO2/c12-10-7(4-6-2-1-3-14-6)11(13)9(16)5-8(10)15/h5-6,14-16H,1-4H2. The van der Waals surface area contributed by atoms with Crippen LogP contribution in [0.15, 0.2) is 6.07 Å². The van der Waals surface area contributed by atoms with E-state index in [1.165, 1.54) is 0 Å². The molecule has 1 heterocycles. The Labute approximate surface area is 91.7 Å². The minimum absolute atomic E-state index is 0.00481. The number of phenolic OH excluding ortho intramolecular Hbond substituents is 2. The summed E-state index contributed by atoms with van der Waals surface area (Å²) in [5.74, 6) is -3.40. The minimum Gasteiger partial charge on any atom is -0.505 e. The molecule has 1 aliphatic rings. The van der Waals surface area contributed by atoms with Crippen LogP contribution >= 0.6 is 0 Å². The zero-order valence-corrected chi connectivity index (χ0v) is 8.63. The van der Waals surface area contributed by atoms with Gasteiger partial charge in [-0.1, -0.05) is 0 Å². The molecule has 1 unspecified atom stereocenters. The van der Waals surface area contributed by atoms with E-state index in [0.717, 1.165) is 19.4 Å². The Bertz CT molecular complexity index is 377. The summed E-state index contributed by atoms with van der Waals surface area (Å²) in [7, 11) is 0. The van der Waals surface area contributed by atoms with Crippen molar-refractivity contribution in [2.75, 3.05) is 6.54 Å². The highest BCUT2D eigenvalue weighted by Crippen LogP contribution is 2.31. The molecule has 1 aromatic carbocycles. The first kappa shape index (κ1) is 11.1. The molecule has 1 aliphatic heterocycles. The van der Waals surface area contributed by atoms with Crippen LogP contribution in [0.5, 0.6) is 11.5 Å². The van der Waals surface area contributed by atoms with E-state index in [-0.39, 0.29) is 18.0 Å². The van der Waals surface area contributed by atoms with Crippen molar-refractivity contribution in [1.82, 2.24) is 5.32 Å². The third-order valence-corrected chi connectivity index (χ3v) is 2.87. The monoisotopic (exact) mass is 229 g/mol. The van der Waals surface area contributed by atoms with Gasteiger partial charge in [0.15, 0.2) is 23.1 Å². The Morgan fingerprint density at radius 1 is 1.25 bits per heavy atom. The average Bonchev–Trinajstić information content (AvgIpc) is 2.74. The molecule has 88 valence electrons. The molecule has 0 radical (unpaired) electrons. The average molecular weight is 229 g/mol. The quantitative estimate of drug-likeness (QED) is 0.723. The molecule has 1 aromatic rings. The lowest BCUT2D eigenvalue weighted by Crippen LogP contribution is -2.24. The van der Waals surface area contributed by atoms with Crippen molar-refractivity contribution in [3.63, 3.8) is 0 Å². The second-order valence-corrected chi connectivity index (χ2v) is 4.02. The van der Waals surface area contributed by atoms with Crippen LogP contribution in [0.1, 0.15) is 18.4 Å². The molecule has 0 aliphatic carbocycles. The molecule has 16 heavy (non-hydrogen) atoms. The summed E-state index contributed by atoms with van der Waals surface area (Å²) in [5.41, 5.74) is -0.253. The highest BCUT2D eigenvalue weighted by atomic mass is 19.1. The summed E-state index contributed by atoms with van der Waals surface area (Å²) >= 11 is 0. The van der Waals surface area contributed by atoms with Crippen molar-refractivity contribution in [1.29, 1.82) is 0 Å². The first-order chi connectivity index (χ1) is 7.59. The number of phenols is 2. The van der Waals surface area contributed by atoms with Crippen molar-refractivity contribution in [2.45, 2.75) is 25.3 Å². The molecular weight excluding hydrogens is 216 g/mol. The van der Waals surface area contributed by atoms with Crippen molar-refractivity contribution >= 4 is 0 Å². The normalized spacial score (nSPS) is 20.2. The number of nitrogens with one attached hydrogen (secondary N) is 1. The maximum atomic E-state index is 13.5. The van der Waals surface area contributed by atoms with E-state index >= 15 is 0 Å². The fourth-order valence-corrected chi connectivity index (χ4v) is 2.02. The van der Waals surface area contributed by atoms with Gasteiger partial charge in [0.2, 0.25) is 0 Å². The third kappa shape index (κ3) is 1.95. The highest BCUT2D eigenvalue weighted by Gasteiger charge is 2.23. The van der Waals surface area contributed by atoms with Crippen LogP contribution in [0.25, 0.3) is 0 Å². The Hall–Kier alpha value is -1.36. The van der Waals surface area contributed by atoms with Gasteiger partial charge in [-0.15, -0.1) is 0 Å². The van der Waals surface area contributed by atoms with Crippen LogP contribution in [0.4, 0.5) is 8.78 Å². The summed E-state index contributed by atoms with van der Waals surface area (Å²) in [6, 6.07) is 0.682. The molecule has 3 nitrogen and oxygen atoms in total. The van der Waals surface area contributed by atoms with Crippen LogP contribution in [-0.4, -0.2) is 22.8 Å². The summed E-state index contributed by atoms with van der Waals surface area (Å²) in [5, 5.41) is 21.4. The van der Waals surface area contributed by atoms with Crippen molar-refractivity contribution in [3.8, 4) is 11.5 Å². The molecule has 0 amide bonds. The van der Waals surface area contributed by atoms with Gasteiger partial charge in [-0.05, 0) is 25.8 Å². The number of benzene rings is 1. The lowest BCUT2D eigenvalue weighted by molar-refractivity contribution is 0.386. The summed E-state index contributed by atoms with van der Waals surface area (Å²) in [6.45, 7) is 0.832. The zero-order chi connectivity index (χ0) is 11.7. The number of hydrogen-bond donors (Lipinski definition) is 3. The van der Waals surface area contributed by atoms with Gasteiger partial charge in [-0.2, -0.15) is 0 Å². The van der Waals surface area contributed by atoms with E-state index in [4.69, 9.17) is 10.2 Å². The molecule has 0 saturated carbocycles. The number of halogens is 2. The Balaban J connectivity index is 2.31. The topological polar surface area (TPSA) is 52.5 Å². The third-order valence-electron chi connectivity index (χ3n) is 2.87. The fourth-order valence-electron chi connectivity index (χ4n) is 2.02. The predicted octanol–water partition coefficient (Wildman–Crippen LogP) is 1.67. The summed E-state index contributed by atoms with van der Waals surface area (Å²) in [4.78, 5) is 0. The van der Waals surface area contributed by atoms with E-state index < -0.39 is 23.1 Å². The van der Waals surface area contributed by atoms with Gasteiger partial charge in [0.05, 0.1) is 0 Å². The Kier molecular flexibility index (Phi) is 2.96. The first-order valence-electron chi connectivity index (χ1n) is 5.21. The van der Waals surface area contributed by atoms with Crippen LogP contribution < -0.4 is 5.32 Å². The van der Waals surface area contributed by atoms with Gasteiger partial charge >= 0.3 is 0 Å². The van der Waals surface area contributed by atoms with E-state index in [1.807, 2.05) is 0 Å².